The summed E-state index contributed by atoms with van der Waals surface area (Å²) in [6.07, 6.45) is 2.59. The SMILES string of the molecule is [B]C(C(=O)NC(C)(CC)CCOC)C(C)CC. The summed E-state index contributed by atoms with van der Waals surface area (Å²) in [5.74, 6) is -0.272. The highest BCUT2D eigenvalue weighted by Gasteiger charge is 2.27. The molecule has 0 rings (SSSR count). The van der Waals surface area contributed by atoms with E-state index in [1.165, 1.54) is 0 Å². The van der Waals surface area contributed by atoms with Gasteiger partial charge < -0.3 is 10.1 Å². The Kier molecular flexibility index (Phi) is 7.52. The van der Waals surface area contributed by atoms with Crippen molar-refractivity contribution in [3.05, 3.63) is 0 Å². The van der Waals surface area contributed by atoms with Gasteiger partial charge in [0.1, 0.15) is 0 Å². The molecule has 0 aromatic heterocycles. The second kappa shape index (κ2) is 7.75. The molecule has 2 radical (unpaired) electrons. The topological polar surface area (TPSA) is 38.3 Å². The van der Waals surface area contributed by atoms with Crippen molar-refractivity contribution in [3.63, 3.8) is 0 Å². The van der Waals surface area contributed by atoms with Gasteiger partial charge in [-0.1, -0.05) is 27.2 Å². The lowest BCUT2D eigenvalue weighted by Gasteiger charge is -2.32. The highest BCUT2D eigenvalue weighted by Crippen LogP contribution is 2.21. The molecule has 0 fully saturated rings. The first-order valence-electron chi connectivity index (χ1n) is 6.46. The molecule has 3 atom stereocenters. The van der Waals surface area contributed by atoms with Crippen LogP contribution in [0.5, 0.6) is 0 Å². The molecule has 0 aliphatic rings. The maximum absolute atomic E-state index is 12.0. The zero-order chi connectivity index (χ0) is 13.5. The van der Waals surface area contributed by atoms with Crippen molar-refractivity contribution in [3.8, 4) is 0 Å². The lowest BCUT2D eigenvalue weighted by molar-refractivity contribution is -0.123. The largest absolute Gasteiger partial charge is 0.385 e. The minimum Gasteiger partial charge on any atom is -0.385 e. The van der Waals surface area contributed by atoms with Gasteiger partial charge in [-0.05, 0) is 25.7 Å². The quantitative estimate of drug-likeness (QED) is 0.660. The molecule has 3 unspecified atom stereocenters. The molecule has 1 N–H and O–H groups in total. The second-order valence-electron chi connectivity index (χ2n) is 5.06. The van der Waals surface area contributed by atoms with Gasteiger partial charge >= 0.3 is 0 Å². The van der Waals surface area contributed by atoms with Crippen LogP contribution in [0.1, 0.15) is 47.0 Å². The molecule has 0 aliphatic carbocycles. The average Bonchev–Trinajstić information content (AvgIpc) is 2.34. The van der Waals surface area contributed by atoms with Crippen LogP contribution in [0.4, 0.5) is 0 Å². The normalized spacial score (nSPS) is 18.2. The number of hydrogen-bond donors (Lipinski definition) is 1. The van der Waals surface area contributed by atoms with E-state index in [4.69, 9.17) is 12.6 Å². The van der Waals surface area contributed by atoms with Crippen LogP contribution < -0.4 is 5.32 Å². The van der Waals surface area contributed by atoms with Crippen molar-refractivity contribution >= 4 is 13.8 Å². The summed E-state index contributed by atoms with van der Waals surface area (Å²) < 4.78 is 5.07. The molecule has 17 heavy (non-hydrogen) atoms. The fourth-order valence-corrected chi connectivity index (χ4v) is 1.55. The lowest BCUT2D eigenvalue weighted by Crippen LogP contribution is -2.48. The van der Waals surface area contributed by atoms with Gasteiger partial charge in [-0.2, -0.15) is 0 Å². The van der Waals surface area contributed by atoms with Gasteiger partial charge in [0.05, 0.1) is 7.85 Å². The number of rotatable bonds is 8. The Labute approximate surface area is 107 Å². The van der Waals surface area contributed by atoms with E-state index >= 15 is 0 Å². The number of carbonyl (C=O) groups excluding carboxylic acids is 1. The minimum absolute atomic E-state index is 0.0557. The van der Waals surface area contributed by atoms with E-state index in [9.17, 15) is 4.79 Å². The first-order valence-corrected chi connectivity index (χ1v) is 6.46. The molecular formula is C13H26BNO2. The van der Waals surface area contributed by atoms with Gasteiger partial charge in [0, 0.05) is 25.1 Å². The summed E-state index contributed by atoms with van der Waals surface area (Å²) in [4.78, 5) is 12.0. The first-order chi connectivity index (χ1) is 7.90. The van der Waals surface area contributed by atoms with Crippen LogP contribution in [0.3, 0.4) is 0 Å². The van der Waals surface area contributed by atoms with E-state index in [-0.39, 0.29) is 17.4 Å². The molecule has 98 valence electrons. The highest BCUT2D eigenvalue weighted by atomic mass is 16.5. The van der Waals surface area contributed by atoms with Crippen molar-refractivity contribution in [1.82, 2.24) is 5.32 Å². The fraction of sp³-hybridized carbons (Fsp3) is 0.923. The van der Waals surface area contributed by atoms with Gasteiger partial charge in [-0.15, -0.1) is 0 Å². The van der Waals surface area contributed by atoms with Crippen molar-refractivity contribution in [1.29, 1.82) is 0 Å². The summed E-state index contributed by atoms with van der Waals surface area (Å²) in [6.45, 7) is 8.78. The zero-order valence-corrected chi connectivity index (χ0v) is 11.9. The van der Waals surface area contributed by atoms with Crippen LogP contribution in [0.2, 0.25) is 5.82 Å². The number of hydrogen-bond acceptors (Lipinski definition) is 2. The van der Waals surface area contributed by atoms with E-state index in [2.05, 4.69) is 12.2 Å². The third-order valence-electron chi connectivity index (χ3n) is 3.62. The van der Waals surface area contributed by atoms with Crippen LogP contribution in [0.15, 0.2) is 0 Å². The van der Waals surface area contributed by atoms with E-state index in [0.717, 1.165) is 19.3 Å². The van der Waals surface area contributed by atoms with Crippen molar-refractivity contribution in [2.45, 2.75) is 58.3 Å². The maximum atomic E-state index is 12.0. The highest BCUT2D eigenvalue weighted by molar-refractivity contribution is 6.24. The summed E-state index contributed by atoms with van der Waals surface area (Å²) in [5, 5.41) is 3.05. The summed E-state index contributed by atoms with van der Waals surface area (Å²) >= 11 is 0. The first kappa shape index (κ1) is 16.5. The molecule has 3 nitrogen and oxygen atoms in total. The Hall–Kier alpha value is -0.505. The molecule has 0 saturated carbocycles. The fourth-order valence-electron chi connectivity index (χ4n) is 1.55. The standard InChI is InChI=1S/C13H26BNO2/c1-6-10(3)11(14)12(16)15-13(4,7-2)8-9-17-5/h10-11H,6-9H2,1-5H3,(H,15,16). The predicted octanol–water partition coefficient (Wildman–Crippen LogP) is 2.31. The van der Waals surface area contributed by atoms with E-state index in [0.29, 0.717) is 6.61 Å². The number of carbonyl (C=O) groups is 1. The van der Waals surface area contributed by atoms with Gasteiger partial charge in [-0.25, -0.2) is 0 Å². The number of nitrogens with one attached hydrogen (secondary N) is 1. The van der Waals surface area contributed by atoms with Gasteiger partial charge in [0.25, 0.3) is 0 Å². The minimum atomic E-state index is -0.423. The number of amides is 1. The zero-order valence-electron chi connectivity index (χ0n) is 11.9. The van der Waals surface area contributed by atoms with E-state index in [1.54, 1.807) is 7.11 Å². The molecule has 0 aliphatic heterocycles. The van der Waals surface area contributed by atoms with Crippen LogP contribution in [0.25, 0.3) is 0 Å². The number of ether oxygens (including phenoxy) is 1. The van der Waals surface area contributed by atoms with Crippen molar-refractivity contribution in [2.75, 3.05) is 13.7 Å². The second-order valence-corrected chi connectivity index (χ2v) is 5.06. The molecule has 4 heteroatoms. The van der Waals surface area contributed by atoms with Gasteiger partial charge in [0.15, 0.2) is 0 Å². The van der Waals surface area contributed by atoms with Crippen molar-refractivity contribution in [2.24, 2.45) is 5.92 Å². The molecule has 0 saturated heterocycles. The van der Waals surface area contributed by atoms with E-state index < -0.39 is 5.82 Å². The Bertz CT molecular complexity index is 235. The Morgan fingerprint density at radius 2 is 2.06 bits per heavy atom. The smallest absolute Gasteiger partial charge is 0.215 e. The monoisotopic (exact) mass is 239 g/mol. The lowest BCUT2D eigenvalue weighted by atomic mass is 9.75. The summed E-state index contributed by atoms with van der Waals surface area (Å²) in [5.41, 5.74) is -0.224. The van der Waals surface area contributed by atoms with E-state index in [1.807, 2.05) is 20.8 Å². The van der Waals surface area contributed by atoms with Crippen LogP contribution in [0, 0.1) is 5.92 Å². The summed E-state index contributed by atoms with van der Waals surface area (Å²) in [7, 11) is 7.59. The van der Waals surface area contributed by atoms with Gasteiger partial charge in [-0.3, -0.25) is 4.79 Å². The average molecular weight is 239 g/mol. The maximum Gasteiger partial charge on any atom is 0.215 e. The van der Waals surface area contributed by atoms with Crippen molar-refractivity contribution < 1.29 is 9.53 Å². The van der Waals surface area contributed by atoms with Gasteiger partial charge in [0.2, 0.25) is 5.91 Å². The molecule has 0 aromatic carbocycles. The molecule has 0 heterocycles. The molecule has 0 aromatic rings. The Morgan fingerprint density at radius 1 is 1.47 bits per heavy atom. The summed E-state index contributed by atoms with van der Waals surface area (Å²) in [6, 6.07) is 0. The Balaban J connectivity index is 4.40. The third-order valence-corrected chi connectivity index (χ3v) is 3.62. The van der Waals surface area contributed by atoms with Crippen LogP contribution in [-0.2, 0) is 9.53 Å². The molecular weight excluding hydrogens is 213 g/mol. The molecule has 1 amide bonds. The number of methoxy groups -OCH3 is 1. The van der Waals surface area contributed by atoms with Crippen LogP contribution in [-0.4, -0.2) is 33.0 Å². The molecule has 0 spiro atoms. The molecule has 0 bridgehead atoms. The predicted molar refractivity (Wildman–Crippen MR) is 72.3 cm³/mol. The van der Waals surface area contributed by atoms with Crippen LogP contribution >= 0.6 is 0 Å². The third kappa shape index (κ3) is 5.58. The Morgan fingerprint density at radius 3 is 2.47 bits per heavy atom.